The molecule has 0 amide bonds. The quantitative estimate of drug-likeness (QED) is 0.651. The lowest BCUT2D eigenvalue weighted by molar-refractivity contribution is 0.486. The van der Waals surface area contributed by atoms with Gasteiger partial charge in [-0.3, -0.25) is 4.99 Å². The second-order valence-electron chi connectivity index (χ2n) is 7.80. The van der Waals surface area contributed by atoms with E-state index in [4.69, 9.17) is 10.2 Å². The first-order valence-electron chi connectivity index (χ1n) is 8.88. The van der Waals surface area contributed by atoms with Crippen LogP contribution in [0.2, 0.25) is 0 Å². The summed E-state index contributed by atoms with van der Waals surface area (Å²) in [5.74, 6) is -1.53. The number of nitrogens with zero attached hydrogens (tertiary/aromatic N) is 3. The SMILES string of the molecule is CC1(c2sc(-c3cc(F)cc(-c4nnco4)c3)cc2F)CS(=O)(=O)C(C)(C)C(N)=N1. The van der Waals surface area contributed by atoms with Crippen LogP contribution in [0.5, 0.6) is 0 Å². The maximum atomic E-state index is 14.9. The lowest BCUT2D eigenvalue weighted by atomic mass is 10.0. The monoisotopic (exact) mass is 452 g/mol. The van der Waals surface area contributed by atoms with Gasteiger partial charge in [-0.25, -0.2) is 17.2 Å². The van der Waals surface area contributed by atoms with Gasteiger partial charge in [-0.15, -0.1) is 21.5 Å². The Labute approximate surface area is 175 Å². The molecule has 1 aromatic carbocycles. The largest absolute Gasteiger partial charge is 0.423 e. The van der Waals surface area contributed by atoms with Crippen LogP contribution in [0.3, 0.4) is 0 Å². The smallest absolute Gasteiger partial charge is 0.247 e. The van der Waals surface area contributed by atoms with Gasteiger partial charge in [-0.05, 0) is 50.6 Å². The van der Waals surface area contributed by atoms with Crippen LogP contribution in [0.1, 0.15) is 25.6 Å². The summed E-state index contributed by atoms with van der Waals surface area (Å²) in [5.41, 5.74) is 5.29. The van der Waals surface area contributed by atoms with Crippen LogP contribution in [-0.2, 0) is 15.4 Å². The summed E-state index contributed by atoms with van der Waals surface area (Å²) in [6.45, 7) is 4.48. The third kappa shape index (κ3) is 3.21. The molecule has 0 bridgehead atoms. The molecule has 0 radical (unpaired) electrons. The van der Waals surface area contributed by atoms with Gasteiger partial charge in [-0.2, -0.15) is 0 Å². The van der Waals surface area contributed by atoms with Crippen LogP contribution in [0.15, 0.2) is 40.1 Å². The Hall–Kier alpha value is -2.66. The second kappa shape index (κ2) is 6.67. The molecule has 1 atom stereocenters. The first kappa shape index (κ1) is 20.6. The number of amidine groups is 1. The molecule has 2 aromatic heterocycles. The van der Waals surface area contributed by atoms with E-state index in [0.717, 1.165) is 17.7 Å². The van der Waals surface area contributed by atoms with Crippen molar-refractivity contribution in [1.29, 1.82) is 0 Å². The molecule has 0 saturated heterocycles. The van der Waals surface area contributed by atoms with Gasteiger partial charge in [0.05, 0.1) is 10.6 Å². The summed E-state index contributed by atoms with van der Waals surface area (Å²) in [6.07, 6.45) is 1.12. The van der Waals surface area contributed by atoms with Crippen molar-refractivity contribution in [3.8, 4) is 21.9 Å². The molecule has 1 aliphatic rings. The van der Waals surface area contributed by atoms with Crippen LogP contribution in [-0.4, -0.2) is 35.0 Å². The minimum atomic E-state index is -3.68. The summed E-state index contributed by atoms with van der Waals surface area (Å²) in [7, 11) is -3.68. The number of aromatic nitrogens is 2. The Morgan fingerprint density at radius 1 is 1.13 bits per heavy atom. The topological polar surface area (TPSA) is 111 Å². The van der Waals surface area contributed by atoms with Crippen LogP contribution in [0.4, 0.5) is 8.78 Å². The molecule has 0 saturated carbocycles. The van der Waals surface area contributed by atoms with Gasteiger partial charge in [0.15, 0.2) is 9.84 Å². The van der Waals surface area contributed by atoms with Gasteiger partial charge in [0.25, 0.3) is 0 Å². The fourth-order valence-corrected chi connectivity index (χ4v) is 6.17. The van der Waals surface area contributed by atoms with Gasteiger partial charge < -0.3 is 10.2 Å². The Morgan fingerprint density at radius 3 is 2.47 bits per heavy atom. The van der Waals surface area contributed by atoms with E-state index in [9.17, 15) is 17.2 Å². The van der Waals surface area contributed by atoms with Crippen LogP contribution in [0, 0.1) is 11.6 Å². The minimum absolute atomic E-state index is 0.0740. The maximum Gasteiger partial charge on any atom is 0.247 e. The predicted octanol–water partition coefficient (Wildman–Crippen LogP) is 3.52. The molecular weight excluding hydrogens is 434 g/mol. The van der Waals surface area contributed by atoms with Gasteiger partial charge >= 0.3 is 0 Å². The molecule has 3 aromatic rings. The molecule has 2 N–H and O–H groups in total. The number of halogens is 2. The number of sulfone groups is 1. The zero-order valence-electron chi connectivity index (χ0n) is 16.3. The Morgan fingerprint density at radius 2 is 1.83 bits per heavy atom. The van der Waals surface area contributed by atoms with E-state index in [0.29, 0.717) is 16.0 Å². The first-order valence-corrected chi connectivity index (χ1v) is 11.4. The molecule has 0 spiro atoms. The van der Waals surface area contributed by atoms with Gasteiger partial charge in [0.2, 0.25) is 12.3 Å². The van der Waals surface area contributed by atoms with Crippen LogP contribution < -0.4 is 5.73 Å². The molecular formula is C19H18F2N4O3S2. The highest BCUT2D eigenvalue weighted by atomic mass is 32.2. The normalized spacial score (nSPS) is 22.6. The molecule has 158 valence electrons. The van der Waals surface area contributed by atoms with Gasteiger partial charge in [-0.1, -0.05) is 0 Å². The number of benzene rings is 1. The van der Waals surface area contributed by atoms with E-state index in [1.54, 1.807) is 6.07 Å². The first-order chi connectivity index (χ1) is 13.9. The molecule has 3 heterocycles. The maximum absolute atomic E-state index is 14.9. The number of thiophene rings is 1. The van der Waals surface area contributed by atoms with Crippen LogP contribution >= 0.6 is 11.3 Å². The Balaban J connectivity index is 1.81. The molecule has 0 fully saturated rings. The zero-order chi connectivity index (χ0) is 21.9. The minimum Gasteiger partial charge on any atom is -0.423 e. The average molecular weight is 453 g/mol. The number of rotatable bonds is 3. The average Bonchev–Trinajstić information content (AvgIpc) is 3.29. The van der Waals surface area contributed by atoms with Crippen molar-refractivity contribution in [2.75, 3.05) is 5.75 Å². The molecule has 4 rings (SSSR count). The molecule has 1 aliphatic heterocycles. The summed E-state index contributed by atoms with van der Waals surface area (Å²) in [4.78, 5) is 4.87. The van der Waals surface area contributed by atoms with E-state index in [-0.39, 0.29) is 22.4 Å². The summed E-state index contributed by atoms with van der Waals surface area (Å²) in [5, 5.41) is 7.33. The fraction of sp³-hybridized carbons (Fsp3) is 0.316. The highest BCUT2D eigenvalue weighted by Crippen LogP contribution is 2.43. The molecule has 30 heavy (non-hydrogen) atoms. The van der Waals surface area contributed by atoms with Crippen molar-refractivity contribution in [2.45, 2.75) is 31.1 Å². The third-order valence-electron chi connectivity index (χ3n) is 5.20. The number of aliphatic imine (C=N–C) groups is 1. The van der Waals surface area contributed by atoms with E-state index in [1.165, 1.54) is 39.0 Å². The second-order valence-corrected chi connectivity index (χ2v) is 11.4. The lowest BCUT2D eigenvalue weighted by Crippen LogP contribution is -2.54. The lowest BCUT2D eigenvalue weighted by Gasteiger charge is -2.37. The number of hydrogen-bond donors (Lipinski definition) is 1. The van der Waals surface area contributed by atoms with Gasteiger partial charge in [0.1, 0.15) is 27.8 Å². The fourth-order valence-electron chi connectivity index (χ4n) is 3.29. The van der Waals surface area contributed by atoms with E-state index >= 15 is 0 Å². The number of nitrogens with two attached hydrogens (primary N) is 1. The third-order valence-corrected chi connectivity index (χ3v) is 9.32. The summed E-state index contributed by atoms with van der Waals surface area (Å²) >= 11 is 1.00. The summed E-state index contributed by atoms with van der Waals surface area (Å²) in [6, 6.07) is 5.29. The predicted molar refractivity (Wildman–Crippen MR) is 110 cm³/mol. The van der Waals surface area contributed by atoms with Crippen molar-refractivity contribution in [3.63, 3.8) is 0 Å². The standard InChI is InChI=1S/C19H18F2N4O3S2/c1-18(2)17(22)24-19(3,8-30(18,26)27)15-13(21)7-14(29-15)10-4-11(6-12(20)5-10)16-25-23-9-28-16/h4-7,9H,8H2,1-3H3,(H2,22,24). The van der Waals surface area contributed by atoms with Crippen molar-refractivity contribution in [3.05, 3.63) is 47.2 Å². The molecule has 0 aliphatic carbocycles. The van der Waals surface area contributed by atoms with E-state index in [1.807, 2.05) is 0 Å². The highest BCUT2D eigenvalue weighted by Gasteiger charge is 2.50. The van der Waals surface area contributed by atoms with Crippen molar-refractivity contribution < 1.29 is 21.6 Å². The highest BCUT2D eigenvalue weighted by molar-refractivity contribution is 7.93. The molecule has 7 nitrogen and oxygen atoms in total. The Bertz CT molecular complexity index is 1270. The van der Waals surface area contributed by atoms with Crippen molar-refractivity contribution in [1.82, 2.24) is 10.2 Å². The molecule has 1 unspecified atom stereocenters. The zero-order valence-corrected chi connectivity index (χ0v) is 17.9. The van der Waals surface area contributed by atoms with E-state index < -0.39 is 31.8 Å². The van der Waals surface area contributed by atoms with Crippen molar-refractivity contribution in [2.24, 2.45) is 10.7 Å². The number of hydrogen-bond acceptors (Lipinski definition) is 8. The molecule has 11 heteroatoms. The Kier molecular flexibility index (Phi) is 4.58. The van der Waals surface area contributed by atoms with E-state index in [2.05, 4.69) is 15.2 Å². The summed E-state index contributed by atoms with van der Waals surface area (Å²) < 4.78 is 58.4. The van der Waals surface area contributed by atoms with Gasteiger partial charge in [0, 0.05) is 10.4 Å². The van der Waals surface area contributed by atoms with Crippen molar-refractivity contribution >= 4 is 27.0 Å². The van der Waals surface area contributed by atoms with Crippen LogP contribution in [0.25, 0.3) is 21.9 Å².